The van der Waals surface area contributed by atoms with Crippen molar-refractivity contribution < 1.29 is 4.79 Å². The molecule has 1 saturated heterocycles. The molecular weight excluding hydrogens is 366 g/mol. The number of hydrogen-bond donors (Lipinski definition) is 1. The number of nitrogens with zero attached hydrogens (tertiary/aromatic N) is 6. The highest BCUT2D eigenvalue weighted by molar-refractivity contribution is 5.92. The number of imidazole rings is 1. The van der Waals surface area contributed by atoms with E-state index in [1.165, 1.54) is 19.3 Å². The predicted octanol–water partition coefficient (Wildman–Crippen LogP) is 2.13. The lowest BCUT2D eigenvalue weighted by Crippen LogP contribution is -2.32. The number of rotatable bonds is 8. The van der Waals surface area contributed by atoms with E-state index in [0.717, 1.165) is 31.7 Å². The lowest BCUT2D eigenvalue weighted by Gasteiger charge is -2.25. The van der Waals surface area contributed by atoms with Crippen molar-refractivity contribution in [3.05, 3.63) is 66.5 Å². The van der Waals surface area contributed by atoms with Crippen LogP contribution in [0.25, 0.3) is 0 Å². The fourth-order valence-corrected chi connectivity index (χ4v) is 3.70. The highest BCUT2D eigenvalue weighted by atomic mass is 16.2. The van der Waals surface area contributed by atoms with Gasteiger partial charge in [-0.1, -0.05) is 42.0 Å². The summed E-state index contributed by atoms with van der Waals surface area (Å²) in [5.74, 6) is -0.219. The van der Waals surface area contributed by atoms with Crippen LogP contribution in [0.3, 0.4) is 0 Å². The number of hydrogen-bond acceptors (Lipinski definition) is 5. The first kappa shape index (κ1) is 19.3. The molecule has 3 heterocycles. The van der Waals surface area contributed by atoms with E-state index in [1.54, 1.807) is 23.4 Å². The van der Waals surface area contributed by atoms with E-state index >= 15 is 0 Å². The number of piperidine rings is 1. The summed E-state index contributed by atoms with van der Waals surface area (Å²) >= 11 is 0. The third-order valence-electron chi connectivity index (χ3n) is 5.33. The Morgan fingerprint density at radius 1 is 1.10 bits per heavy atom. The van der Waals surface area contributed by atoms with Gasteiger partial charge in [-0.2, -0.15) is 0 Å². The molecule has 1 aliphatic rings. The minimum absolute atomic E-state index is 0.184. The molecule has 1 fully saturated rings. The van der Waals surface area contributed by atoms with E-state index in [4.69, 9.17) is 0 Å². The molecule has 8 heteroatoms. The topological polar surface area (TPSA) is 80.9 Å². The van der Waals surface area contributed by atoms with Crippen molar-refractivity contribution in [3.63, 3.8) is 0 Å². The second-order valence-corrected chi connectivity index (χ2v) is 7.47. The van der Waals surface area contributed by atoms with E-state index in [9.17, 15) is 4.79 Å². The van der Waals surface area contributed by atoms with Gasteiger partial charge in [0.25, 0.3) is 5.91 Å². The molecule has 0 bridgehead atoms. The van der Waals surface area contributed by atoms with Crippen LogP contribution in [0.4, 0.5) is 0 Å². The monoisotopic (exact) mass is 393 g/mol. The molecule has 0 unspecified atom stereocenters. The van der Waals surface area contributed by atoms with Gasteiger partial charge in [-0.3, -0.25) is 9.48 Å². The maximum Gasteiger partial charge on any atom is 0.274 e. The number of carbonyl (C=O) groups excluding carboxylic acids is 1. The number of nitrogens with one attached hydrogen (secondary N) is 1. The van der Waals surface area contributed by atoms with Crippen molar-refractivity contribution in [1.29, 1.82) is 0 Å². The van der Waals surface area contributed by atoms with Crippen molar-refractivity contribution >= 4 is 5.91 Å². The fraction of sp³-hybridized carbons (Fsp3) is 0.429. The highest BCUT2D eigenvalue weighted by Gasteiger charge is 2.19. The van der Waals surface area contributed by atoms with Gasteiger partial charge in [-0.05, 0) is 31.5 Å². The molecule has 29 heavy (non-hydrogen) atoms. The first-order valence-electron chi connectivity index (χ1n) is 10.2. The molecule has 4 rings (SSSR count). The van der Waals surface area contributed by atoms with Gasteiger partial charge in [0.1, 0.15) is 0 Å². The SMILES string of the molecule is O=C(N[C@H](Cn1ccnc1)c1ccccc1)c1cn(CCN2CCCCC2)nn1. The zero-order valence-electron chi connectivity index (χ0n) is 16.5. The lowest BCUT2D eigenvalue weighted by atomic mass is 10.1. The summed E-state index contributed by atoms with van der Waals surface area (Å²) in [6, 6.07) is 9.75. The Kier molecular flexibility index (Phi) is 6.31. The molecule has 1 N–H and O–H groups in total. The molecule has 152 valence electrons. The first-order chi connectivity index (χ1) is 14.3. The van der Waals surface area contributed by atoms with E-state index < -0.39 is 0 Å². The van der Waals surface area contributed by atoms with E-state index in [0.29, 0.717) is 12.2 Å². The average Bonchev–Trinajstić information content (AvgIpc) is 3.45. The average molecular weight is 393 g/mol. The number of carbonyl (C=O) groups is 1. The van der Waals surface area contributed by atoms with Crippen molar-refractivity contribution in [2.45, 2.75) is 38.4 Å². The van der Waals surface area contributed by atoms with Crippen molar-refractivity contribution in [2.75, 3.05) is 19.6 Å². The van der Waals surface area contributed by atoms with Crippen LogP contribution in [0.15, 0.2) is 55.2 Å². The summed E-state index contributed by atoms with van der Waals surface area (Å²) in [6.45, 7) is 4.58. The van der Waals surface area contributed by atoms with Gasteiger partial charge in [0, 0.05) is 25.5 Å². The normalized spacial score (nSPS) is 15.9. The van der Waals surface area contributed by atoms with Crippen LogP contribution in [0.2, 0.25) is 0 Å². The van der Waals surface area contributed by atoms with E-state index in [2.05, 4.69) is 25.5 Å². The van der Waals surface area contributed by atoms with Crippen LogP contribution in [-0.4, -0.2) is 55.0 Å². The van der Waals surface area contributed by atoms with Crippen LogP contribution in [0, 0.1) is 0 Å². The minimum Gasteiger partial charge on any atom is -0.342 e. The number of amides is 1. The molecule has 2 aromatic heterocycles. The van der Waals surface area contributed by atoms with Crippen LogP contribution < -0.4 is 5.32 Å². The van der Waals surface area contributed by atoms with Crippen LogP contribution in [-0.2, 0) is 13.1 Å². The molecular formula is C21H27N7O. The summed E-state index contributed by atoms with van der Waals surface area (Å²) in [7, 11) is 0. The van der Waals surface area contributed by atoms with Gasteiger partial charge in [-0.15, -0.1) is 5.10 Å². The molecule has 3 aromatic rings. The van der Waals surface area contributed by atoms with Crippen molar-refractivity contribution in [3.8, 4) is 0 Å². The number of aromatic nitrogens is 5. The zero-order chi connectivity index (χ0) is 19.9. The predicted molar refractivity (Wildman–Crippen MR) is 109 cm³/mol. The fourth-order valence-electron chi connectivity index (χ4n) is 3.70. The Morgan fingerprint density at radius 3 is 2.69 bits per heavy atom. The Morgan fingerprint density at radius 2 is 1.93 bits per heavy atom. The Hall–Kier alpha value is -3.00. The Balaban J connectivity index is 1.39. The third-order valence-corrected chi connectivity index (χ3v) is 5.33. The van der Waals surface area contributed by atoms with Crippen LogP contribution >= 0.6 is 0 Å². The van der Waals surface area contributed by atoms with Gasteiger partial charge in [-0.25, -0.2) is 4.98 Å². The maximum absolute atomic E-state index is 12.8. The maximum atomic E-state index is 12.8. The summed E-state index contributed by atoms with van der Waals surface area (Å²) in [5, 5.41) is 11.3. The largest absolute Gasteiger partial charge is 0.342 e. The third kappa shape index (κ3) is 5.29. The van der Waals surface area contributed by atoms with Gasteiger partial charge in [0.15, 0.2) is 5.69 Å². The summed E-state index contributed by atoms with van der Waals surface area (Å²) < 4.78 is 3.71. The highest BCUT2D eigenvalue weighted by Crippen LogP contribution is 2.16. The Bertz CT molecular complexity index is 885. The molecule has 0 spiro atoms. The molecule has 0 radical (unpaired) electrons. The van der Waals surface area contributed by atoms with E-state index in [-0.39, 0.29) is 11.9 Å². The lowest BCUT2D eigenvalue weighted by molar-refractivity contribution is 0.0927. The number of benzene rings is 1. The molecule has 0 saturated carbocycles. The molecule has 1 amide bonds. The van der Waals surface area contributed by atoms with Gasteiger partial charge in [0.2, 0.25) is 0 Å². The van der Waals surface area contributed by atoms with E-state index in [1.807, 2.05) is 41.1 Å². The standard InChI is InChI=1S/C21H27N7O/c29-21(20-16-28(25-24-20)14-13-26-10-5-2-6-11-26)23-19(15-27-12-9-22-17-27)18-7-3-1-4-8-18/h1,3-4,7-9,12,16-17,19H,2,5-6,10-11,13-15H2,(H,23,29)/t19-/m1/s1. The molecule has 0 aliphatic carbocycles. The van der Waals surface area contributed by atoms with Crippen LogP contribution in [0.5, 0.6) is 0 Å². The first-order valence-corrected chi connectivity index (χ1v) is 10.2. The minimum atomic E-state index is -0.219. The molecule has 1 atom stereocenters. The zero-order valence-corrected chi connectivity index (χ0v) is 16.5. The summed E-state index contributed by atoms with van der Waals surface area (Å²) in [6.07, 6.45) is 11.0. The summed E-state index contributed by atoms with van der Waals surface area (Å²) in [5.41, 5.74) is 1.38. The summed E-state index contributed by atoms with van der Waals surface area (Å²) in [4.78, 5) is 19.3. The van der Waals surface area contributed by atoms with Crippen molar-refractivity contribution in [2.24, 2.45) is 0 Å². The molecule has 8 nitrogen and oxygen atoms in total. The quantitative estimate of drug-likeness (QED) is 0.634. The van der Waals surface area contributed by atoms with Crippen molar-refractivity contribution in [1.82, 2.24) is 34.8 Å². The van der Waals surface area contributed by atoms with Crippen LogP contribution in [0.1, 0.15) is 41.4 Å². The second kappa shape index (κ2) is 9.47. The Labute approximate surface area is 170 Å². The molecule has 1 aliphatic heterocycles. The molecule has 1 aromatic carbocycles. The smallest absolute Gasteiger partial charge is 0.274 e. The van der Waals surface area contributed by atoms with Gasteiger partial charge in [0.05, 0.1) is 25.1 Å². The number of likely N-dealkylation sites (tertiary alicyclic amines) is 1. The second-order valence-electron chi connectivity index (χ2n) is 7.47. The van der Waals surface area contributed by atoms with Gasteiger partial charge >= 0.3 is 0 Å². The van der Waals surface area contributed by atoms with Gasteiger partial charge < -0.3 is 14.8 Å².